The van der Waals surface area contributed by atoms with Crippen LogP contribution >= 0.6 is 22.6 Å². The van der Waals surface area contributed by atoms with Crippen LogP contribution in [0.2, 0.25) is 0 Å². The lowest BCUT2D eigenvalue weighted by Crippen LogP contribution is -2.18. The summed E-state index contributed by atoms with van der Waals surface area (Å²) >= 11 is 2.26. The number of rotatable bonds is 1. The maximum absolute atomic E-state index is 10.0. The van der Waals surface area contributed by atoms with Gasteiger partial charge in [-0.15, -0.1) is 0 Å². The van der Waals surface area contributed by atoms with Gasteiger partial charge in [-0.2, -0.15) is 0 Å². The molecule has 0 saturated carbocycles. The molecule has 0 aliphatic carbocycles. The molecule has 0 heterocycles. The van der Waals surface area contributed by atoms with Gasteiger partial charge in [-0.3, -0.25) is 0 Å². The second-order valence-corrected chi connectivity index (χ2v) is 5.45. The molecule has 0 fully saturated rings. The van der Waals surface area contributed by atoms with E-state index in [2.05, 4.69) is 22.6 Å². The van der Waals surface area contributed by atoms with E-state index in [4.69, 9.17) is 0 Å². The molecule has 0 spiro atoms. The van der Waals surface area contributed by atoms with E-state index in [9.17, 15) is 5.11 Å². The number of aliphatic hydroxyl groups excluding tert-OH is 1. The van der Waals surface area contributed by atoms with Crippen LogP contribution in [-0.4, -0.2) is 5.11 Å². The van der Waals surface area contributed by atoms with E-state index in [0.717, 1.165) is 9.13 Å². The molecular weight excluding hydrogens is 275 g/mol. The molecule has 1 aromatic rings. The highest BCUT2D eigenvalue weighted by Crippen LogP contribution is 2.34. The van der Waals surface area contributed by atoms with Crippen molar-refractivity contribution in [2.24, 2.45) is 5.41 Å². The van der Waals surface area contributed by atoms with Gasteiger partial charge >= 0.3 is 0 Å². The van der Waals surface area contributed by atoms with Crippen molar-refractivity contribution in [3.8, 4) is 0 Å². The minimum absolute atomic E-state index is 0.0960. The van der Waals surface area contributed by atoms with Crippen molar-refractivity contribution < 1.29 is 5.11 Å². The summed E-state index contributed by atoms with van der Waals surface area (Å²) in [7, 11) is 0. The Labute approximate surface area is 93.3 Å². The van der Waals surface area contributed by atoms with Gasteiger partial charge in [0.05, 0.1) is 6.10 Å². The van der Waals surface area contributed by atoms with Gasteiger partial charge in [0, 0.05) is 3.57 Å². The molecular formula is C11H15IO. The van der Waals surface area contributed by atoms with Gasteiger partial charge in [0.2, 0.25) is 0 Å². The molecule has 0 aromatic heterocycles. The van der Waals surface area contributed by atoms with E-state index in [0.29, 0.717) is 0 Å². The van der Waals surface area contributed by atoms with Crippen molar-refractivity contribution in [2.75, 3.05) is 0 Å². The fourth-order valence-corrected chi connectivity index (χ4v) is 1.85. The van der Waals surface area contributed by atoms with Gasteiger partial charge < -0.3 is 5.11 Å². The summed E-state index contributed by atoms with van der Waals surface area (Å²) in [5, 5.41) is 10.0. The Morgan fingerprint density at radius 2 is 1.77 bits per heavy atom. The molecule has 0 aliphatic rings. The summed E-state index contributed by atoms with van der Waals surface area (Å²) in [6, 6.07) is 7.95. The highest BCUT2D eigenvalue weighted by Gasteiger charge is 2.24. The lowest BCUT2D eigenvalue weighted by Gasteiger charge is -2.26. The van der Waals surface area contributed by atoms with E-state index >= 15 is 0 Å². The fraction of sp³-hybridized carbons (Fsp3) is 0.455. The standard InChI is InChI=1S/C11H15IO/c1-11(2,3)10(13)8-6-4-5-7-9(8)12/h4-7,10,13H,1-3H3. The highest BCUT2D eigenvalue weighted by atomic mass is 127. The number of benzene rings is 1. The molecule has 0 radical (unpaired) electrons. The van der Waals surface area contributed by atoms with Crippen molar-refractivity contribution in [1.82, 2.24) is 0 Å². The van der Waals surface area contributed by atoms with E-state index in [-0.39, 0.29) is 11.5 Å². The van der Waals surface area contributed by atoms with Gasteiger partial charge in [-0.05, 0) is 39.6 Å². The largest absolute Gasteiger partial charge is 0.388 e. The third-order valence-electron chi connectivity index (χ3n) is 2.02. The van der Waals surface area contributed by atoms with Gasteiger partial charge in [-0.1, -0.05) is 39.0 Å². The topological polar surface area (TPSA) is 20.2 Å². The van der Waals surface area contributed by atoms with Crippen LogP contribution in [0.15, 0.2) is 24.3 Å². The number of halogens is 1. The first-order valence-corrected chi connectivity index (χ1v) is 5.43. The maximum atomic E-state index is 10.0. The second kappa shape index (κ2) is 3.96. The molecule has 1 rings (SSSR count). The fourth-order valence-electron chi connectivity index (χ4n) is 1.16. The first-order chi connectivity index (χ1) is 5.93. The summed E-state index contributed by atoms with van der Waals surface area (Å²) in [6.45, 7) is 6.13. The molecule has 13 heavy (non-hydrogen) atoms. The predicted molar refractivity (Wildman–Crippen MR) is 63.6 cm³/mol. The summed E-state index contributed by atoms with van der Waals surface area (Å²) in [4.78, 5) is 0. The van der Waals surface area contributed by atoms with Crippen LogP contribution < -0.4 is 0 Å². The molecule has 0 aliphatic heterocycles. The Kier molecular flexibility index (Phi) is 3.35. The van der Waals surface area contributed by atoms with Crippen molar-refractivity contribution in [3.63, 3.8) is 0 Å². The van der Waals surface area contributed by atoms with Gasteiger partial charge in [-0.25, -0.2) is 0 Å². The predicted octanol–water partition coefficient (Wildman–Crippen LogP) is 3.37. The Hall–Kier alpha value is -0.0900. The van der Waals surface area contributed by atoms with Gasteiger partial charge in [0.25, 0.3) is 0 Å². The summed E-state index contributed by atoms with van der Waals surface area (Å²) in [6.07, 6.45) is -0.388. The molecule has 0 saturated heterocycles. The lowest BCUT2D eigenvalue weighted by molar-refractivity contribution is 0.0620. The third-order valence-corrected chi connectivity index (χ3v) is 3.00. The monoisotopic (exact) mass is 290 g/mol. The maximum Gasteiger partial charge on any atom is 0.0848 e. The minimum atomic E-state index is -0.388. The molecule has 2 heteroatoms. The van der Waals surface area contributed by atoms with Crippen LogP contribution in [0.1, 0.15) is 32.4 Å². The average molecular weight is 290 g/mol. The lowest BCUT2D eigenvalue weighted by atomic mass is 9.85. The first kappa shape index (κ1) is 11.0. The van der Waals surface area contributed by atoms with Crippen LogP contribution in [0.4, 0.5) is 0 Å². The van der Waals surface area contributed by atoms with Crippen molar-refractivity contribution in [1.29, 1.82) is 0 Å². The molecule has 1 aromatic carbocycles. The van der Waals surface area contributed by atoms with Gasteiger partial charge in [0.1, 0.15) is 0 Å². The van der Waals surface area contributed by atoms with E-state index in [1.54, 1.807) is 0 Å². The Morgan fingerprint density at radius 1 is 1.23 bits per heavy atom. The minimum Gasteiger partial charge on any atom is -0.388 e. The zero-order chi connectivity index (χ0) is 10.1. The molecule has 1 N–H and O–H groups in total. The zero-order valence-electron chi connectivity index (χ0n) is 8.21. The summed E-state index contributed by atoms with van der Waals surface area (Å²) in [5.41, 5.74) is 0.928. The molecule has 0 amide bonds. The zero-order valence-corrected chi connectivity index (χ0v) is 10.4. The number of hydrogen-bond acceptors (Lipinski definition) is 1. The summed E-state index contributed by atoms with van der Waals surface area (Å²) in [5.74, 6) is 0. The number of aliphatic hydroxyl groups is 1. The van der Waals surface area contributed by atoms with Crippen molar-refractivity contribution >= 4 is 22.6 Å². The second-order valence-electron chi connectivity index (χ2n) is 4.29. The van der Waals surface area contributed by atoms with E-state index < -0.39 is 0 Å². The molecule has 1 atom stereocenters. The molecule has 1 unspecified atom stereocenters. The Balaban J connectivity index is 3.02. The van der Waals surface area contributed by atoms with Gasteiger partial charge in [0.15, 0.2) is 0 Å². The van der Waals surface area contributed by atoms with Crippen molar-refractivity contribution in [2.45, 2.75) is 26.9 Å². The molecule has 1 nitrogen and oxygen atoms in total. The van der Waals surface area contributed by atoms with Crippen LogP contribution in [0, 0.1) is 8.99 Å². The first-order valence-electron chi connectivity index (χ1n) is 4.35. The van der Waals surface area contributed by atoms with Crippen LogP contribution in [-0.2, 0) is 0 Å². The summed E-state index contributed by atoms with van der Waals surface area (Å²) < 4.78 is 1.13. The van der Waals surface area contributed by atoms with Crippen LogP contribution in [0.3, 0.4) is 0 Å². The average Bonchev–Trinajstić information content (AvgIpc) is 2.02. The quantitative estimate of drug-likeness (QED) is 0.786. The normalized spacial score (nSPS) is 14.2. The van der Waals surface area contributed by atoms with Crippen LogP contribution in [0.25, 0.3) is 0 Å². The Morgan fingerprint density at radius 3 is 2.23 bits per heavy atom. The third kappa shape index (κ3) is 2.68. The van der Waals surface area contributed by atoms with Crippen LogP contribution in [0.5, 0.6) is 0 Å². The molecule has 72 valence electrons. The molecule has 0 bridgehead atoms. The smallest absolute Gasteiger partial charge is 0.0848 e. The highest BCUT2D eigenvalue weighted by molar-refractivity contribution is 14.1. The number of hydrogen-bond donors (Lipinski definition) is 1. The Bertz CT molecular complexity index is 288. The van der Waals surface area contributed by atoms with E-state index in [1.165, 1.54) is 0 Å². The van der Waals surface area contributed by atoms with E-state index in [1.807, 2.05) is 45.0 Å². The van der Waals surface area contributed by atoms with Crippen molar-refractivity contribution in [3.05, 3.63) is 33.4 Å². The SMILES string of the molecule is CC(C)(C)C(O)c1ccccc1I.